The van der Waals surface area contributed by atoms with E-state index in [1.807, 2.05) is 37.3 Å². The summed E-state index contributed by atoms with van der Waals surface area (Å²) in [5, 5.41) is 6.42. The number of likely N-dealkylation sites (N-methyl/N-ethyl adjacent to an activating group) is 1. The van der Waals surface area contributed by atoms with E-state index >= 15 is 0 Å². The van der Waals surface area contributed by atoms with E-state index in [9.17, 15) is 9.59 Å². The van der Waals surface area contributed by atoms with Crippen LogP contribution in [0.2, 0.25) is 0 Å². The van der Waals surface area contributed by atoms with Crippen molar-refractivity contribution in [2.45, 2.75) is 46.1 Å². The molecular formula is C27H34N4O2. The number of aryl methyl sites for hydroxylation is 2. The summed E-state index contributed by atoms with van der Waals surface area (Å²) in [5.74, 6) is 0.0528. The Bertz CT molecular complexity index is 1120. The number of benzene rings is 2. The van der Waals surface area contributed by atoms with Gasteiger partial charge in [-0.05, 0) is 56.8 Å². The second-order valence-electron chi connectivity index (χ2n) is 8.96. The van der Waals surface area contributed by atoms with Crippen LogP contribution >= 0.6 is 0 Å². The Morgan fingerprint density at radius 3 is 2.55 bits per heavy atom. The molecule has 2 aromatic carbocycles. The lowest BCUT2D eigenvalue weighted by atomic mass is 9.99. The number of carbonyl (C=O) groups is 1. The lowest BCUT2D eigenvalue weighted by molar-refractivity contribution is -0.125. The summed E-state index contributed by atoms with van der Waals surface area (Å²) < 4.78 is 1.64. The van der Waals surface area contributed by atoms with Gasteiger partial charge in [0.15, 0.2) is 0 Å². The zero-order chi connectivity index (χ0) is 23.2. The molecule has 0 saturated carbocycles. The molecule has 6 heteroatoms. The Kier molecular flexibility index (Phi) is 7.45. The lowest BCUT2D eigenvalue weighted by Gasteiger charge is -2.21. The van der Waals surface area contributed by atoms with Crippen molar-refractivity contribution in [2.75, 3.05) is 19.6 Å². The lowest BCUT2D eigenvalue weighted by Crippen LogP contribution is -2.37. The fraction of sp³-hybridized carbons (Fsp3) is 0.407. The molecule has 2 N–H and O–H groups in total. The van der Waals surface area contributed by atoms with Crippen LogP contribution in [0, 0.1) is 12.8 Å². The van der Waals surface area contributed by atoms with E-state index in [0.29, 0.717) is 19.4 Å². The Morgan fingerprint density at radius 2 is 1.82 bits per heavy atom. The van der Waals surface area contributed by atoms with Crippen molar-refractivity contribution in [3.8, 4) is 5.69 Å². The number of hydrogen-bond donors (Lipinski definition) is 2. The third-order valence-electron chi connectivity index (χ3n) is 6.64. The van der Waals surface area contributed by atoms with Crippen LogP contribution in [0.1, 0.15) is 42.1 Å². The van der Waals surface area contributed by atoms with Crippen molar-refractivity contribution in [1.82, 2.24) is 20.0 Å². The van der Waals surface area contributed by atoms with E-state index in [1.165, 1.54) is 5.56 Å². The van der Waals surface area contributed by atoms with Crippen molar-refractivity contribution >= 4 is 5.91 Å². The number of carbonyl (C=O) groups excluding carboxylic acids is 1. The summed E-state index contributed by atoms with van der Waals surface area (Å²) in [5.41, 5.74) is 5.10. The van der Waals surface area contributed by atoms with Gasteiger partial charge in [-0.1, -0.05) is 55.0 Å². The first-order chi connectivity index (χ1) is 16.0. The normalized spacial score (nSPS) is 15.8. The highest BCUT2D eigenvalue weighted by atomic mass is 16.2. The fourth-order valence-electron chi connectivity index (χ4n) is 4.57. The highest BCUT2D eigenvalue weighted by Crippen LogP contribution is 2.23. The van der Waals surface area contributed by atoms with Crippen molar-refractivity contribution in [3.05, 3.63) is 87.3 Å². The molecule has 33 heavy (non-hydrogen) atoms. The SMILES string of the molecule is CCN(CCNC(=O)C1CCc2[nH]n(-c3ccc(C)cc3)c(=O)c2CC1)Cc1ccccc1. The van der Waals surface area contributed by atoms with Crippen LogP contribution in [0.15, 0.2) is 59.4 Å². The van der Waals surface area contributed by atoms with Crippen molar-refractivity contribution < 1.29 is 4.79 Å². The van der Waals surface area contributed by atoms with Crippen LogP contribution in [0.3, 0.4) is 0 Å². The number of aromatic nitrogens is 2. The van der Waals surface area contributed by atoms with Gasteiger partial charge in [0.25, 0.3) is 5.56 Å². The van der Waals surface area contributed by atoms with Crippen LogP contribution in [0.4, 0.5) is 0 Å². The maximum absolute atomic E-state index is 13.0. The number of hydrogen-bond acceptors (Lipinski definition) is 3. The second kappa shape index (κ2) is 10.7. The van der Waals surface area contributed by atoms with Crippen LogP contribution in [0.25, 0.3) is 5.69 Å². The molecule has 1 atom stereocenters. The average Bonchev–Trinajstić information content (AvgIpc) is 3.00. The minimum absolute atomic E-state index is 0.00871. The van der Waals surface area contributed by atoms with E-state index < -0.39 is 0 Å². The van der Waals surface area contributed by atoms with E-state index in [1.54, 1.807) is 4.68 Å². The number of fused-ring (bicyclic) bond motifs is 1. The molecule has 4 rings (SSSR count). The number of rotatable bonds is 8. The van der Waals surface area contributed by atoms with Gasteiger partial charge >= 0.3 is 0 Å². The Morgan fingerprint density at radius 1 is 1.09 bits per heavy atom. The van der Waals surface area contributed by atoms with Crippen molar-refractivity contribution in [1.29, 1.82) is 0 Å². The molecule has 0 spiro atoms. The quantitative estimate of drug-likeness (QED) is 0.520. The van der Waals surface area contributed by atoms with Gasteiger partial charge in [-0.3, -0.25) is 19.6 Å². The standard InChI is InChI=1S/C27H34N4O2/c1-3-30(19-21-7-5-4-6-8-21)18-17-28-26(32)22-11-15-24-25(16-12-22)29-31(27(24)33)23-13-9-20(2)10-14-23/h4-10,13-14,22,29H,3,11-12,15-19H2,1-2H3,(H,28,32). The molecule has 1 amide bonds. The molecule has 6 nitrogen and oxygen atoms in total. The number of amides is 1. The summed E-state index contributed by atoms with van der Waals surface area (Å²) in [6, 6.07) is 18.3. The molecule has 1 aliphatic carbocycles. The Balaban J connectivity index is 1.30. The van der Waals surface area contributed by atoms with Crippen LogP contribution in [-0.2, 0) is 24.2 Å². The minimum Gasteiger partial charge on any atom is -0.355 e. The molecule has 1 aliphatic rings. The van der Waals surface area contributed by atoms with Gasteiger partial charge < -0.3 is 5.32 Å². The van der Waals surface area contributed by atoms with Gasteiger partial charge in [0.05, 0.1) is 5.69 Å². The molecule has 1 unspecified atom stereocenters. The van der Waals surface area contributed by atoms with Gasteiger partial charge in [-0.25, -0.2) is 4.68 Å². The van der Waals surface area contributed by atoms with Gasteiger partial charge in [-0.2, -0.15) is 0 Å². The van der Waals surface area contributed by atoms with E-state index in [4.69, 9.17) is 0 Å². The smallest absolute Gasteiger partial charge is 0.274 e. The molecule has 1 aromatic heterocycles. The number of aromatic amines is 1. The number of nitrogens with zero attached hydrogens (tertiary/aromatic N) is 2. The maximum Gasteiger partial charge on any atom is 0.274 e. The van der Waals surface area contributed by atoms with Crippen molar-refractivity contribution in [3.63, 3.8) is 0 Å². The molecule has 3 aromatic rings. The van der Waals surface area contributed by atoms with E-state index in [2.05, 4.69) is 46.5 Å². The maximum atomic E-state index is 13.0. The molecule has 0 saturated heterocycles. The summed E-state index contributed by atoms with van der Waals surface area (Å²) in [7, 11) is 0. The average molecular weight is 447 g/mol. The third-order valence-corrected chi connectivity index (χ3v) is 6.64. The zero-order valence-corrected chi connectivity index (χ0v) is 19.6. The van der Waals surface area contributed by atoms with E-state index in [-0.39, 0.29) is 17.4 Å². The number of nitrogens with one attached hydrogen (secondary N) is 2. The summed E-state index contributed by atoms with van der Waals surface area (Å²) in [6.07, 6.45) is 2.82. The van der Waals surface area contributed by atoms with Crippen molar-refractivity contribution in [2.24, 2.45) is 5.92 Å². The number of H-pyrrole nitrogens is 1. The van der Waals surface area contributed by atoms with Crippen LogP contribution in [-0.4, -0.2) is 40.2 Å². The minimum atomic E-state index is -0.0535. The fourth-order valence-corrected chi connectivity index (χ4v) is 4.57. The van der Waals surface area contributed by atoms with Gasteiger partial charge in [0.2, 0.25) is 5.91 Å². The molecule has 0 aliphatic heterocycles. The molecular weight excluding hydrogens is 412 g/mol. The molecule has 0 fully saturated rings. The zero-order valence-electron chi connectivity index (χ0n) is 19.6. The second-order valence-corrected chi connectivity index (χ2v) is 8.96. The summed E-state index contributed by atoms with van der Waals surface area (Å²) in [4.78, 5) is 28.2. The highest BCUT2D eigenvalue weighted by molar-refractivity contribution is 5.78. The van der Waals surface area contributed by atoms with Gasteiger partial charge in [-0.15, -0.1) is 0 Å². The molecule has 0 bridgehead atoms. The van der Waals surface area contributed by atoms with Gasteiger partial charge in [0.1, 0.15) is 0 Å². The monoisotopic (exact) mass is 446 g/mol. The largest absolute Gasteiger partial charge is 0.355 e. The predicted molar refractivity (Wildman–Crippen MR) is 132 cm³/mol. The first-order valence-electron chi connectivity index (χ1n) is 12.0. The van der Waals surface area contributed by atoms with E-state index in [0.717, 1.165) is 55.0 Å². The first-order valence-corrected chi connectivity index (χ1v) is 12.0. The Hall–Kier alpha value is -3.12. The van der Waals surface area contributed by atoms with Crippen LogP contribution in [0.5, 0.6) is 0 Å². The first kappa shape index (κ1) is 23.1. The highest BCUT2D eigenvalue weighted by Gasteiger charge is 2.26. The molecule has 1 heterocycles. The summed E-state index contributed by atoms with van der Waals surface area (Å²) >= 11 is 0. The topological polar surface area (TPSA) is 70.1 Å². The molecule has 0 radical (unpaired) electrons. The Labute approximate surface area is 195 Å². The van der Waals surface area contributed by atoms with Crippen LogP contribution < -0.4 is 10.9 Å². The summed E-state index contributed by atoms with van der Waals surface area (Å²) in [6.45, 7) is 7.47. The molecule has 174 valence electrons. The third kappa shape index (κ3) is 5.63. The van der Waals surface area contributed by atoms with Gasteiger partial charge in [0, 0.05) is 36.8 Å². The predicted octanol–water partition coefficient (Wildman–Crippen LogP) is 3.61.